The van der Waals surface area contributed by atoms with Gasteiger partial charge in [0.1, 0.15) is 6.33 Å². The van der Waals surface area contributed by atoms with Crippen LogP contribution in [0.2, 0.25) is 0 Å². The van der Waals surface area contributed by atoms with Gasteiger partial charge in [0.2, 0.25) is 0 Å². The normalized spacial score (nSPS) is 10.8. The molecule has 0 radical (unpaired) electrons. The molecule has 90 valence electrons. The maximum Gasteiger partial charge on any atom is 0.143 e. The summed E-state index contributed by atoms with van der Waals surface area (Å²) < 4.78 is 1.64. The fourth-order valence-electron chi connectivity index (χ4n) is 1.72. The highest BCUT2D eigenvalue weighted by Crippen LogP contribution is 2.14. The first-order valence-corrected chi connectivity index (χ1v) is 5.93. The molecule has 0 unspecified atom stereocenters. The van der Waals surface area contributed by atoms with E-state index in [4.69, 9.17) is 0 Å². The van der Waals surface area contributed by atoms with Crippen molar-refractivity contribution in [3.8, 4) is 5.69 Å². The van der Waals surface area contributed by atoms with Crippen LogP contribution in [-0.4, -0.2) is 26.2 Å². The van der Waals surface area contributed by atoms with Crippen molar-refractivity contribution in [2.45, 2.75) is 32.7 Å². The Kier molecular flexibility index (Phi) is 3.69. The van der Waals surface area contributed by atoms with Gasteiger partial charge in [-0.15, -0.1) is 5.10 Å². The topological polar surface area (TPSA) is 55.6 Å². The van der Waals surface area contributed by atoms with Gasteiger partial charge < -0.3 is 5.32 Å². The van der Waals surface area contributed by atoms with Gasteiger partial charge in [-0.05, 0) is 47.5 Å². The van der Waals surface area contributed by atoms with Gasteiger partial charge in [0.05, 0.1) is 5.69 Å². The second-order valence-electron chi connectivity index (χ2n) is 3.96. The summed E-state index contributed by atoms with van der Waals surface area (Å²) in [5.41, 5.74) is 2.10. The Morgan fingerprint density at radius 3 is 2.41 bits per heavy atom. The van der Waals surface area contributed by atoms with E-state index in [9.17, 15) is 0 Å². The van der Waals surface area contributed by atoms with E-state index < -0.39 is 0 Å². The maximum atomic E-state index is 3.84. The molecule has 1 heterocycles. The van der Waals surface area contributed by atoms with Crippen LogP contribution in [0.1, 0.15) is 26.7 Å². The summed E-state index contributed by atoms with van der Waals surface area (Å²) in [6.45, 7) is 4.38. The van der Waals surface area contributed by atoms with Crippen LogP contribution in [0.5, 0.6) is 0 Å². The predicted molar refractivity (Wildman–Crippen MR) is 67.1 cm³/mol. The van der Waals surface area contributed by atoms with Crippen molar-refractivity contribution in [1.29, 1.82) is 0 Å². The monoisotopic (exact) mass is 231 g/mol. The lowest BCUT2D eigenvalue weighted by Gasteiger charge is -2.16. The summed E-state index contributed by atoms with van der Waals surface area (Å²) in [4.78, 5) is 0. The number of anilines is 1. The van der Waals surface area contributed by atoms with Crippen molar-refractivity contribution in [3.63, 3.8) is 0 Å². The molecule has 0 fully saturated rings. The lowest BCUT2D eigenvalue weighted by molar-refractivity contribution is 0.671. The Labute approximate surface area is 101 Å². The molecule has 1 N–H and O–H groups in total. The summed E-state index contributed by atoms with van der Waals surface area (Å²) in [5.74, 6) is 0. The summed E-state index contributed by atoms with van der Waals surface area (Å²) >= 11 is 0. The Balaban J connectivity index is 2.08. The maximum absolute atomic E-state index is 3.84. The first kappa shape index (κ1) is 11.6. The molecule has 1 aromatic carbocycles. The van der Waals surface area contributed by atoms with Gasteiger partial charge >= 0.3 is 0 Å². The summed E-state index contributed by atoms with van der Waals surface area (Å²) in [6.07, 6.45) is 3.85. The van der Waals surface area contributed by atoms with Crippen molar-refractivity contribution in [2.24, 2.45) is 0 Å². The number of aromatic nitrogens is 4. The van der Waals surface area contributed by atoms with Gasteiger partial charge in [0.25, 0.3) is 0 Å². The first-order chi connectivity index (χ1) is 8.33. The molecule has 5 nitrogen and oxygen atoms in total. The van der Waals surface area contributed by atoms with Gasteiger partial charge in [-0.2, -0.15) is 0 Å². The van der Waals surface area contributed by atoms with E-state index in [0.717, 1.165) is 24.2 Å². The minimum absolute atomic E-state index is 0.536. The van der Waals surface area contributed by atoms with E-state index in [1.165, 1.54) is 0 Å². The quantitative estimate of drug-likeness (QED) is 0.857. The summed E-state index contributed by atoms with van der Waals surface area (Å²) in [5, 5.41) is 14.6. The molecule has 0 aliphatic carbocycles. The predicted octanol–water partition coefficient (Wildman–Crippen LogP) is 2.26. The molecule has 2 aromatic rings. The molecule has 0 saturated carbocycles. The molecular weight excluding hydrogens is 214 g/mol. The number of hydrogen-bond donors (Lipinski definition) is 1. The number of nitrogens with zero attached hydrogens (tertiary/aromatic N) is 4. The zero-order chi connectivity index (χ0) is 12.1. The Morgan fingerprint density at radius 2 is 1.88 bits per heavy atom. The minimum atomic E-state index is 0.536. The fraction of sp³-hybridized carbons (Fsp3) is 0.417. The van der Waals surface area contributed by atoms with Gasteiger partial charge in [-0.3, -0.25) is 0 Å². The summed E-state index contributed by atoms with van der Waals surface area (Å²) in [7, 11) is 0. The Bertz CT molecular complexity index is 430. The number of tetrazole rings is 1. The van der Waals surface area contributed by atoms with Crippen molar-refractivity contribution in [1.82, 2.24) is 20.2 Å². The second-order valence-corrected chi connectivity index (χ2v) is 3.96. The molecular formula is C12H17N5. The van der Waals surface area contributed by atoms with Crippen molar-refractivity contribution in [2.75, 3.05) is 5.32 Å². The Morgan fingerprint density at radius 1 is 1.18 bits per heavy atom. The fourth-order valence-corrected chi connectivity index (χ4v) is 1.72. The number of hydrogen-bond acceptors (Lipinski definition) is 4. The lowest BCUT2D eigenvalue weighted by Crippen LogP contribution is -2.16. The third kappa shape index (κ3) is 2.81. The molecule has 0 bridgehead atoms. The van der Waals surface area contributed by atoms with E-state index in [2.05, 4.69) is 46.8 Å². The molecule has 0 atom stereocenters. The van der Waals surface area contributed by atoms with Crippen LogP contribution in [0.3, 0.4) is 0 Å². The highest BCUT2D eigenvalue weighted by atomic mass is 15.5. The van der Waals surface area contributed by atoms with Crippen molar-refractivity contribution < 1.29 is 0 Å². The molecule has 0 amide bonds. The smallest absolute Gasteiger partial charge is 0.143 e. The standard InChI is InChI=1S/C12H17N5/c1-3-10(4-2)14-11-5-7-12(8-6-11)17-9-13-15-16-17/h5-10,14H,3-4H2,1-2H3. The van der Waals surface area contributed by atoms with Crippen LogP contribution >= 0.6 is 0 Å². The number of rotatable bonds is 5. The largest absolute Gasteiger partial charge is 0.382 e. The van der Waals surface area contributed by atoms with Crippen molar-refractivity contribution >= 4 is 5.69 Å². The van der Waals surface area contributed by atoms with Gasteiger partial charge in [0, 0.05) is 11.7 Å². The van der Waals surface area contributed by atoms with E-state index in [1.807, 2.05) is 12.1 Å². The SMILES string of the molecule is CCC(CC)Nc1ccc(-n2cnnn2)cc1. The van der Waals surface area contributed by atoms with E-state index >= 15 is 0 Å². The molecule has 2 rings (SSSR count). The molecule has 0 saturated heterocycles. The zero-order valence-corrected chi connectivity index (χ0v) is 10.2. The van der Waals surface area contributed by atoms with Crippen LogP contribution in [-0.2, 0) is 0 Å². The first-order valence-electron chi connectivity index (χ1n) is 5.93. The van der Waals surface area contributed by atoms with Gasteiger partial charge in [-0.1, -0.05) is 13.8 Å². The van der Waals surface area contributed by atoms with Crippen molar-refractivity contribution in [3.05, 3.63) is 30.6 Å². The highest BCUT2D eigenvalue weighted by molar-refractivity contribution is 5.48. The molecule has 17 heavy (non-hydrogen) atoms. The third-order valence-corrected chi connectivity index (χ3v) is 2.84. The molecule has 0 spiro atoms. The van der Waals surface area contributed by atoms with Gasteiger partial charge in [-0.25, -0.2) is 4.68 Å². The molecule has 1 aromatic heterocycles. The van der Waals surface area contributed by atoms with Crippen LogP contribution in [0.4, 0.5) is 5.69 Å². The Hall–Kier alpha value is -1.91. The van der Waals surface area contributed by atoms with E-state index in [-0.39, 0.29) is 0 Å². The second kappa shape index (κ2) is 5.43. The molecule has 5 heteroatoms. The average Bonchev–Trinajstić information content (AvgIpc) is 2.90. The molecule has 0 aliphatic rings. The number of nitrogens with one attached hydrogen (secondary N) is 1. The van der Waals surface area contributed by atoms with E-state index in [1.54, 1.807) is 11.0 Å². The number of benzene rings is 1. The van der Waals surface area contributed by atoms with Crippen LogP contribution in [0, 0.1) is 0 Å². The summed E-state index contributed by atoms with van der Waals surface area (Å²) in [6, 6.07) is 8.64. The highest BCUT2D eigenvalue weighted by Gasteiger charge is 2.03. The third-order valence-electron chi connectivity index (χ3n) is 2.84. The molecule has 0 aliphatic heterocycles. The minimum Gasteiger partial charge on any atom is -0.382 e. The average molecular weight is 231 g/mol. The lowest BCUT2D eigenvalue weighted by atomic mass is 10.1. The zero-order valence-electron chi connectivity index (χ0n) is 10.2. The van der Waals surface area contributed by atoms with Gasteiger partial charge in [0.15, 0.2) is 0 Å². The van der Waals surface area contributed by atoms with Crippen LogP contribution in [0.15, 0.2) is 30.6 Å². The van der Waals surface area contributed by atoms with Crippen LogP contribution in [0.25, 0.3) is 5.69 Å². The van der Waals surface area contributed by atoms with E-state index in [0.29, 0.717) is 6.04 Å². The van der Waals surface area contributed by atoms with Crippen LogP contribution < -0.4 is 5.32 Å².